The third kappa shape index (κ3) is 5.26. The maximum Gasteiger partial charge on any atom is 0.321 e. The van der Waals surface area contributed by atoms with Gasteiger partial charge >= 0.3 is 6.03 Å². The zero-order valence-electron chi connectivity index (χ0n) is 18.4. The molecule has 0 atom stereocenters. The second kappa shape index (κ2) is 9.40. The summed E-state index contributed by atoms with van der Waals surface area (Å²) in [7, 11) is 0. The summed E-state index contributed by atoms with van der Waals surface area (Å²) in [5.74, 6) is 2.95. The molecule has 0 radical (unpaired) electrons. The van der Waals surface area contributed by atoms with Crippen LogP contribution in [0.3, 0.4) is 0 Å². The van der Waals surface area contributed by atoms with Gasteiger partial charge in [0.2, 0.25) is 0 Å². The van der Waals surface area contributed by atoms with Gasteiger partial charge in [-0.25, -0.2) is 19.7 Å². The van der Waals surface area contributed by atoms with Crippen LogP contribution in [-0.2, 0) is 0 Å². The monoisotopic (exact) mass is 451 g/mol. The van der Waals surface area contributed by atoms with Crippen molar-refractivity contribution in [3.63, 3.8) is 0 Å². The number of anilines is 4. The largest absolute Gasteiger partial charge is 0.353 e. The van der Waals surface area contributed by atoms with Gasteiger partial charge in [-0.2, -0.15) is 0 Å². The van der Waals surface area contributed by atoms with Crippen LogP contribution < -0.4 is 15.5 Å². The molecular formula is C23H26ClN7O. The summed E-state index contributed by atoms with van der Waals surface area (Å²) >= 11 is 6.16. The van der Waals surface area contributed by atoms with Crippen LogP contribution in [0.1, 0.15) is 17.0 Å². The number of carbonyl (C=O) groups excluding carboxylic acids is 1. The molecule has 3 heterocycles. The predicted octanol–water partition coefficient (Wildman–Crippen LogP) is 4.55. The number of nitrogens with one attached hydrogen (secondary N) is 2. The molecule has 0 saturated carbocycles. The van der Waals surface area contributed by atoms with Crippen LogP contribution in [0.25, 0.3) is 0 Å². The number of aryl methyl sites for hydroxylation is 3. The summed E-state index contributed by atoms with van der Waals surface area (Å²) in [5, 5.41) is 6.82. The van der Waals surface area contributed by atoms with Crippen LogP contribution in [0.15, 0.2) is 42.6 Å². The number of hydrogen-bond donors (Lipinski definition) is 2. The first-order chi connectivity index (χ1) is 15.4. The SMILES string of the molecule is Cc1ccnc(Nc2cc(N3CCN(C(=O)Nc4ccc(C)c(Cl)c4)CC3)nc(C)n2)c1. The molecular weight excluding hydrogens is 426 g/mol. The first kappa shape index (κ1) is 21.8. The van der Waals surface area contributed by atoms with Crippen LogP contribution in [-0.4, -0.2) is 52.1 Å². The first-order valence-corrected chi connectivity index (χ1v) is 10.9. The average molecular weight is 452 g/mol. The topological polar surface area (TPSA) is 86.3 Å². The fourth-order valence-corrected chi connectivity index (χ4v) is 3.71. The number of amides is 2. The van der Waals surface area contributed by atoms with E-state index in [4.69, 9.17) is 11.6 Å². The summed E-state index contributed by atoms with van der Waals surface area (Å²) in [4.78, 5) is 30.0. The van der Waals surface area contributed by atoms with E-state index in [2.05, 4.69) is 30.5 Å². The summed E-state index contributed by atoms with van der Waals surface area (Å²) in [6, 6.07) is 11.2. The van der Waals surface area contributed by atoms with Crippen molar-refractivity contribution < 1.29 is 4.79 Å². The summed E-state index contributed by atoms with van der Waals surface area (Å²) in [5.41, 5.74) is 2.79. The third-order valence-corrected chi connectivity index (χ3v) is 5.72. The van der Waals surface area contributed by atoms with Crippen molar-refractivity contribution in [3.05, 3.63) is 64.6 Å². The number of piperazine rings is 1. The van der Waals surface area contributed by atoms with Gasteiger partial charge in [0.15, 0.2) is 0 Å². The summed E-state index contributed by atoms with van der Waals surface area (Å²) in [6.07, 6.45) is 1.77. The highest BCUT2D eigenvalue weighted by molar-refractivity contribution is 6.31. The van der Waals surface area contributed by atoms with E-state index >= 15 is 0 Å². The highest BCUT2D eigenvalue weighted by Gasteiger charge is 2.23. The van der Waals surface area contributed by atoms with Crippen LogP contribution in [0.2, 0.25) is 5.02 Å². The minimum absolute atomic E-state index is 0.128. The van der Waals surface area contributed by atoms with E-state index < -0.39 is 0 Å². The number of benzene rings is 1. The lowest BCUT2D eigenvalue weighted by atomic mass is 10.2. The molecule has 2 aromatic heterocycles. The Morgan fingerprint density at radius 2 is 1.75 bits per heavy atom. The Balaban J connectivity index is 1.38. The zero-order chi connectivity index (χ0) is 22.7. The normalized spacial score (nSPS) is 13.8. The van der Waals surface area contributed by atoms with Gasteiger partial charge in [-0.1, -0.05) is 17.7 Å². The standard InChI is InChI=1S/C23H26ClN7O/c1-15-6-7-25-20(12-15)29-21-14-22(27-17(3)26-21)30-8-10-31(11-9-30)23(32)28-18-5-4-16(2)19(24)13-18/h4-7,12-14H,8-11H2,1-3H3,(H,28,32)(H,25,26,27,29). The zero-order valence-corrected chi connectivity index (χ0v) is 19.1. The van der Waals surface area contributed by atoms with E-state index in [-0.39, 0.29) is 6.03 Å². The van der Waals surface area contributed by atoms with Crippen LogP contribution in [0, 0.1) is 20.8 Å². The van der Waals surface area contributed by atoms with Crippen LogP contribution >= 0.6 is 11.6 Å². The third-order valence-electron chi connectivity index (χ3n) is 5.31. The lowest BCUT2D eigenvalue weighted by Gasteiger charge is -2.35. The van der Waals surface area contributed by atoms with E-state index in [0.29, 0.717) is 48.5 Å². The molecule has 3 aromatic rings. The van der Waals surface area contributed by atoms with Gasteiger partial charge in [-0.3, -0.25) is 0 Å². The predicted molar refractivity (Wildman–Crippen MR) is 128 cm³/mol. The number of halogens is 1. The number of rotatable bonds is 4. The molecule has 166 valence electrons. The van der Waals surface area contributed by atoms with Gasteiger partial charge in [0.1, 0.15) is 23.3 Å². The van der Waals surface area contributed by atoms with Crippen LogP contribution in [0.5, 0.6) is 0 Å². The van der Waals surface area contributed by atoms with Gasteiger partial charge in [0, 0.05) is 49.2 Å². The molecule has 2 amide bonds. The van der Waals surface area contributed by atoms with Crippen molar-refractivity contribution in [3.8, 4) is 0 Å². The molecule has 1 saturated heterocycles. The Hall–Kier alpha value is -3.39. The first-order valence-electron chi connectivity index (χ1n) is 10.5. The van der Waals surface area contributed by atoms with E-state index in [9.17, 15) is 4.79 Å². The number of aromatic nitrogens is 3. The van der Waals surface area contributed by atoms with Crippen molar-refractivity contribution in [2.24, 2.45) is 0 Å². The maximum atomic E-state index is 12.7. The quantitative estimate of drug-likeness (QED) is 0.605. The Labute approximate surface area is 192 Å². The second-order valence-corrected chi connectivity index (χ2v) is 8.28. The molecule has 1 aromatic carbocycles. The lowest BCUT2D eigenvalue weighted by molar-refractivity contribution is 0.208. The van der Waals surface area contributed by atoms with Gasteiger partial charge in [0.25, 0.3) is 0 Å². The summed E-state index contributed by atoms with van der Waals surface area (Å²) in [6.45, 7) is 8.37. The Bertz CT molecular complexity index is 1130. The fourth-order valence-electron chi connectivity index (χ4n) is 3.53. The minimum Gasteiger partial charge on any atom is -0.353 e. The molecule has 0 unspecified atom stereocenters. The smallest absolute Gasteiger partial charge is 0.321 e. The Morgan fingerprint density at radius 3 is 2.47 bits per heavy atom. The molecule has 0 spiro atoms. The number of urea groups is 1. The molecule has 9 heteroatoms. The van der Waals surface area contributed by atoms with E-state index in [0.717, 1.165) is 22.8 Å². The van der Waals surface area contributed by atoms with E-state index in [1.54, 1.807) is 17.2 Å². The minimum atomic E-state index is -0.128. The van der Waals surface area contributed by atoms with Crippen molar-refractivity contribution in [1.29, 1.82) is 0 Å². The molecule has 2 N–H and O–H groups in total. The van der Waals surface area contributed by atoms with E-state index in [1.165, 1.54) is 0 Å². The molecule has 1 aliphatic heterocycles. The lowest BCUT2D eigenvalue weighted by Crippen LogP contribution is -2.50. The highest BCUT2D eigenvalue weighted by atomic mass is 35.5. The maximum absolute atomic E-state index is 12.7. The molecule has 8 nitrogen and oxygen atoms in total. The summed E-state index contributed by atoms with van der Waals surface area (Å²) < 4.78 is 0. The van der Waals surface area contributed by atoms with Crippen molar-refractivity contribution in [1.82, 2.24) is 19.9 Å². The molecule has 1 aliphatic rings. The number of pyridine rings is 1. The van der Waals surface area contributed by atoms with Crippen LogP contribution in [0.4, 0.5) is 27.9 Å². The fraction of sp³-hybridized carbons (Fsp3) is 0.304. The molecule has 4 rings (SSSR count). The van der Waals surface area contributed by atoms with Crippen molar-refractivity contribution in [2.45, 2.75) is 20.8 Å². The highest BCUT2D eigenvalue weighted by Crippen LogP contribution is 2.22. The van der Waals surface area contributed by atoms with E-state index in [1.807, 2.05) is 51.1 Å². The number of nitrogens with zero attached hydrogens (tertiary/aromatic N) is 5. The Kier molecular flexibility index (Phi) is 6.41. The average Bonchev–Trinajstić information content (AvgIpc) is 2.76. The Morgan fingerprint density at radius 1 is 0.969 bits per heavy atom. The second-order valence-electron chi connectivity index (χ2n) is 7.87. The van der Waals surface area contributed by atoms with Gasteiger partial charge in [-0.15, -0.1) is 0 Å². The molecule has 0 bridgehead atoms. The molecule has 32 heavy (non-hydrogen) atoms. The van der Waals surface area contributed by atoms with Gasteiger partial charge < -0.3 is 20.4 Å². The van der Waals surface area contributed by atoms with Gasteiger partial charge in [0.05, 0.1) is 0 Å². The number of carbonyl (C=O) groups is 1. The van der Waals surface area contributed by atoms with Crippen molar-refractivity contribution >= 4 is 40.8 Å². The molecule has 1 fully saturated rings. The van der Waals surface area contributed by atoms with Gasteiger partial charge in [-0.05, 0) is 56.2 Å². The van der Waals surface area contributed by atoms with Crippen molar-refractivity contribution in [2.75, 3.05) is 41.7 Å². The molecule has 0 aliphatic carbocycles. The number of hydrogen-bond acceptors (Lipinski definition) is 6.